The molecule has 2 atom stereocenters. The lowest BCUT2D eigenvalue weighted by Crippen LogP contribution is -2.28. The first-order chi connectivity index (χ1) is 17.0. The summed E-state index contributed by atoms with van der Waals surface area (Å²) in [5.41, 5.74) is 0.591. The molecule has 0 aromatic heterocycles. The number of aliphatic hydroxyl groups is 2. The van der Waals surface area contributed by atoms with Crippen molar-refractivity contribution in [2.45, 2.75) is 26.1 Å². The average molecular weight is 630 g/mol. The van der Waals surface area contributed by atoms with E-state index in [-0.39, 0.29) is 32.0 Å². The minimum absolute atomic E-state index is 0.0606. The van der Waals surface area contributed by atoms with Crippen molar-refractivity contribution in [3.05, 3.63) is 81.8 Å². The van der Waals surface area contributed by atoms with Crippen LogP contribution < -0.4 is 9.47 Å². The lowest BCUT2D eigenvalue weighted by atomic mass is 10.3. The number of benzene rings is 2. The monoisotopic (exact) mass is 628 g/mol. The fourth-order valence-electron chi connectivity index (χ4n) is 2.16. The molecular weight excluding hydrogens is 600 g/mol. The Bertz CT molecular complexity index is 990. The molecule has 2 N–H and O–H groups in total. The number of esters is 2. The van der Waals surface area contributed by atoms with Crippen molar-refractivity contribution in [1.29, 1.82) is 0 Å². The van der Waals surface area contributed by atoms with E-state index in [0.29, 0.717) is 17.1 Å². The highest BCUT2D eigenvalue weighted by Gasteiger charge is 2.15. The van der Waals surface area contributed by atoms with Crippen LogP contribution in [0.15, 0.2) is 81.8 Å². The molecule has 0 radical (unpaired) electrons. The van der Waals surface area contributed by atoms with E-state index >= 15 is 0 Å². The molecule has 0 aliphatic rings. The van der Waals surface area contributed by atoms with Crippen molar-refractivity contribution in [1.82, 2.24) is 0 Å². The van der Waals surface area contributed by atoms with Gasteiger partial charge in [0.2, 0.25) is 0 Å². The Morgan fingerprint density at radius 3 is 1.67 bits per heavy atom. The molecule has 2 aromatic carbocycles. The zero-order valence-electron chi connectivity index (χ0n) is 20.1. The largest absolute Gasteiger partial charge is 0.491 e. The molecule has 0 aliphatic heterocycles. The van der Waals surface area contributed by atoms with Crippen LogP contribution >= 0.6 is 31.9 Å². The average Bonchev–Trinajstić information content (AvgIpc) is 2.85. The molecular formula is C26H30Br2O8. The molecule has 0 spiro atoms. The highest BCUT2D eigenvalue weighted by Crippen LogP contribution is 2.17. The molecule has 2 rings (SSSR count). The standard InChI is InChI=1S/2C13H15BrO4/c1-9(2)13(16)18-8-11(15)7-17-12-5-3-10(14)4-6-12;1-9(2)13(16)18-12(7-15)8-17-11-5-3-10(14)4-6-11/h3-6,11,15H,1,7-8H2,2H3;3-6,12,15H,1,7-8H2,2H3. The van der Waals surface area contributed by atoms with Gasteiger partial charge in [-0.2, -0.15) is 0 Å². The Kier molecular flexibility index (Phi) is 14.7. The maximum Gasteiger partial charge on any atom is 0.333 e. The summed E-state index contributed by atoms with van der Waals surface area (Å²) in [6.07, 6.45) is -1.56. The first-order valence-corrected chi connectivity index (χ1v) is 12.3. The summed E-state index contributed by atoms with van der Waals surface area (Å²) in [5.74, 6) is 0.234. The molecule has 0 saturated carbocycles. The van der Waals surface area contributed by atoms with Gasteiger partial charge in [-0.15, -0.1) is 0 Å². The highest BCUT2D eigenvalue weighted by atomic mass is 79.9. The summed E-state index contributed by atoms with van der Waals surface area (Å²) < 4.78 is 22.4. The molecule has 0 aliphatic carbocycles. The van der Waals surface area contributed by atoms with Gasteiger partial charge in [0.1, 0.15) is 37.4 Å². The summed E-state index contributed by atoms with van der Waals surface area (Å²) in [7, 11) is 0. The summed E-state index contributed by atoms with van der Waals surface area (Å²) in [4.78, 5) is 22.4. The van der Waals surface area contributed by atoms with E-state index in [1.807, 2.05) is 24.3 Å². The zero-order chi connectivity index (χ0) is 27.1. The van der Waals surface area contributed by atoms with Crippen LogP contribution in [0.5, 0.6) is 11.5 Å². The number of rotatable bonds is 12. The van der Waals surface area contributed by atoms with Crippen molar-refractivity contribution in [2.24, 2.45) is 0 Å². The summed E-state index contributed by atoms with van der Waals surface area (Å²) in [6.45, 7) is 9.76. The predicted molar refractivity (Wildman–Crippen MR) is 143 cm³/mol. The van der Waals surface area contributed by atoms with E-state index in [1.54, 1.807) is 38.1 Å². The minimum Gasteiger partial charge on any atom is -0.491 e. The van der Waals surface area contributed by atoms with Crippen LogP contribution in [0.25, 0.3) is 0 Å². The molecule has 0 fully saturated rings. The van der Waals surface area contributed by atoms with Gasteiger partial charge in [0.15, 0.2) is 6.10 Å². The zero-order valence-corrected chi connectivity index (χ0v) is 23.3. The Morgan fingerprint density at radius 1 is 0.806 bits per heavy atom. The van der Waals surface area contributed by atoms with E-state index in [4.69, 9.17) is 24.1 Å². The molecule has 196 valence electrons. The SMILES string of the molecule is C=C(C)C(=O)OC(CO)COc1ccc(Br)cc1.C=C(C)C(=O)OCC(O)COc1ccc(Br)cc1. The molecule has 10 heteroatoms. The lowest BCUT2D eigenvalue weighted by Gasteiger charge is -2.16. The third-order valence-corrected chi connectivity index (χ3v) is 5.14. The van der Waals surface area contributed by atoms with Crippen LogP contribution in [0.3, 0.4) is 0 Å². The van der Waals surface area contributed by atoms with E-state index in [1.165, 1.54) is 0 Å². The van der Waals surface area contributed by atoms with Crippen LogP contribution in [-0.4, -0.2) is 60.8 Å². The Balaban J connectivity index is 0.000000360. The maximum absolute atomic E-state index is 11.3. The first kappa shape index (κ1) is 31.4. The van der Waals surface area contributed by atoms with Crippen LogP contribution in [0.4, 0.5) is 0 Å². The number of hydrogen-bond donors (Lipinski definition) is 2. The smallest absolute Gasteiger partial charge is 0.333 e. The van der Waals surface area contributed by atoms with Gasteiger partial charge in [-0.05, 0) is 62.4 Å². The van der Waals surface area contributed by atoms with E-state index in [9.17, 15) is 14.7 Å². The summed E-state index contributed by atoms with van der Waals surface area (Å²) in [6, 6.07) is 14.4. The normalized spacial score (nSPS) is 11.7. The second kappa shape index (κ2) is 16.9. The van der Waals surface area contributed by atoms with E-state index in [0.717, 1.165) is 8.95 Å². The van der Waals surface area contributed by atoms with Crippen LogP contribution in [0.1, 0.15) is 13.8 Å². The number of halogens is 2. The van der Waals surface area contributed by atoms with E-state index in [2.05, 4.69) is 45.0 Å². The molecule has 0 bridgehead atoms. The topological polar surface area (TPSA) is 112 Å². The summed E-state index contributed by atoms with van der Waals surface area (Å²) >= 11 is 6.62. The van der Waals surface area contributed by atoms with Crippen molar-refractivity contribution in [2.75, 3.05) is 26.4 Å². The van der Waals surface area contributed by atoms with Gasteiger partial charge in [0, 0.05) is 20.1 Å². The molecule has 0 amide bonds. The Labute approximate surface area is 227 Å². The van der Waals surface area contributed by atoms with Gasteiger partial charge in [-0.25, -0.2) is 9.59 Å². The van der Waals surface area contributed by atoms with Crippen molar-refractivity contribution < 1.29 is 38.7 Å². The molecule has 2 unspecified atom stereocenters. The van der Waals surface area contributed by atoms with Crippen LogP contribution in [0.2, 0.25) is 0 Å². The van der Waals surface area contributed by atoms with Gasteiger partial charge < -0.3 is 29.2 Å². The molecule has 0 heterocycles. The van der Waals surface area contributed by atoms with Crippen molar-refractivity contribution >= 4 is 43.8 Å². The highest BCUT2D eigenvalue weighted by molar-refractivity contribution is 9.10. The summed E-state index contributed by atoms with van der Waals surface area (Å²) in [5, 5.41) is 18.6. The van der Waals surface area contributed by atoms with Gasteiger partial charge >= 0.3 is 11.9 Å². The Hall–Kier alpha value is -2.66. The Morgan fingerprint density at radius 2 is 1.25 bits per heavy atom. The lowest BCUT2D eigenvalue weighted by molar-refractivity contribution is -0.148. The third-order valence-electron chi connectivity index (χ3n) is 4.09. The number of aliphatic hydroxyl groups excluding tert-OH is 2. The van der Waals surface area contributed by atoms with Gasteiger partial charge in [0.05, 0.1) is 6.61 Å². The van der Waals surface area contributed by atoms with Crippen molar-refractivity contribution in [3.8, 4) is 11.5 Å². The molecule has 2 aromatic rings. The van der Waals surface area contributed by atoms with E-state index < -0.39 is 24.1 Å². The number of carbonyl (C=O) groups is 2. The van der Waals surface area contributed by atoms with Crippen molar-refractivity contribution in [3.63, 3.8) is 0 Å². The molecule has 0 saturated heterocycles. The number of ether oxygens (including phenoxy) is 4. The number of hydrogen-bond acceptors (Lipinski definition) is 8. The predicted octanol–water partition coefficient (Wildman–Crippen LogP) is 4.62. The second-order valence-electron chi connectivity index (χ2n) is 7.55. The fraction of sp³-hybridized carbons (Fsp3) is 0.308. The molecule has 36 heavy (non-hydrogen) atoms. The minimum atomic E-state index is -0.864. The quantitative estimate of drug-likeness (QED) is 0.259. The van der Waals surface area contributed by atoms with Gasteiger partial charge in [-0.3, -0.25) is 0 Å². The fourth-order valence-corrected chi connectivity index (χ4v) is 2.69. The van der Waals surface area contributed by atoms with Gasteiger partial charge in [0.25, 0.3) is 0 Å². The van der Waals surface area contributed by atoms with Gasteiger partial charge in [-0.1, -0.05) is 45.0 Å². The maximum atomic E-state index is 11.3. The second-order valence-corrected chi connectivity index (χ2v) is 9.38. The van der Waals surface area contributed by atoms with Crippen LogP contribution in [-0.2, 0) is 19.1 Å². The molecule has 8 nitrogen and oxygen atoms in total. The third kappa shape index (κ3) is 13.4. The number of carbonyl (C=O) groups excluding carboxylic acids is 2. The first-order valence-electron chi connectivity index (χ1n) is 10.8. The van der Waals surface area contributed by atoms with Crippen LogP contribution in [0, 0.1) is 0 Å².